The molecule has 5 heteroatoms. The summed E-state index contributed by atoms with van der Waals surface area (Å²) in [6.45, 7) is 2.86. The first kappa shape index (κ1) is 24.0. The van der Waals surface area contributed by atoms with Gasteiger partial charge in [-0.3, -0.25) is 4.79 Å². The van der Waals surface area contributed by atoms with Crippen LogP contribution in [0.2, 0.25) is 0 Å². The third-order valence-corrected chi connectivity index (χ3v) is 6.25. The third-order valence-electron chi connectivity index (χ3n) is 6.25. The molecule has 35 heavy (non-hydrogen) atoms. The number of rotatable bonds is 8. The van der Waals surface area contributed by atoms with E-state index in [0.29, 0.717) is 25.9 Å². The lowest BCUT2D eigenvalue weighted by molar-refractivity contribution is -0.762. The van der Waals surface area contributed by atoms with Gasteiger partial charge >= 0.3 is 12.0 Å². The summed E-state index contributed by atoms with van der Waals surface area (Å²) in [6, 6.07) is 29.7. The SMILES string of the molecule is CC[N+]1(CC#CCCCC(=O)O)C(=O)N(c2ccccc2)C(c2ccccc2)=C1c1ccccc1. The second-order valence-electron chi connectivity index (χ2n) is 8.43. The van der Waals surface area contributed by atoms with Crippen LogP contribution in [0.1, 0.15) is 37.3 Å². The number of benzene rings is 3. The predicted molar refractivity (Wildman–Crippen MR) is 139 cm³/mol. The van der Waals surface area contributed by atoms with Crippen LogP contribution >= 0.6 is 0 Å². The van der Waals surface area contributed by atoms with Crippen molar-refractivity contribution >= 4 is 29.1 Å². The minimum absolute atomic E-state index is 0.0451. The minimum atomic E-state index is -0.820. The van der Waals surface area contributed by atoms with Crippen LogP contribution in [-0.2, 0) is 4.79 Å². The van der Waals surface area contributed by atoms with Gasteiger partial charge in [-0.25, -0.2) is 9.69 Å². The van der Waals surface area contributed by atoms with E-state index in [1.807, 2.05) is 103 Å². The van der Waals surface area contributed by atoms with Crippen molar-refractivity contribution in [3.05, 3.63) is 102 Å². The Labute approximate surface area is 206 Å². The van der Waals surface area contributed by atoms with Gasteiger partial charge in [-0.2, -0.15) is 4.48 Å². The Kier molecular flexibility index (Phi) is 7.45. The molecule has 1 atom stereocenters. The molecule has 4 rings (SSSR count). The van der Waals surface area contributed by atoms with E-state index in [1.165, 1.54) is 0 Å². The van der Waals surface area contributed by atoms with Crippen molar-refractivity contribution in [2.75, 3.05) is 18.0 Å². The van der Waals surface area contributed by atoms with E-state index in [2.05, 4.69) is 11.8 Å². The van der Waals surface area contributed by atoms with Crippen molar-refractivity contribution in [2.45, 2.75) is 26.2 Å². The lowest BCUT2D eigenvalue weighted by Crippen LogP contribution is -2.51. The zero-order valence-electron chi connectivity index (χ0n) is 19.9. The molecule has 0 saturated heterocycles. The van der Waals surface area contributed by atoms with Gasteiger partial charge in [0.1, 0.15) is 5.70 Å². The van der Waals surface area contributed by atoms with Gasteiger partial charge in [0.2, 0.25) is 0 Å². The monoisotopic (exact) mass is 465 g/mol. The Morgan fingerprint density at radius 3 is 2.00 bits per heavy atom. The highest BCUT2D eigenvalue weighted by Crippen LogP contribution is 2.46. The molecule has 1 unspecified atom stereocenters. The van der Waals surface area contributed by atoms with E-state index >= 15 is 0 Å². The number of unbranched alkanes of at least 4 members (excludes halogenated alkanes) is 1. The molecule has 3 aromatic rings. The van der Waals surface area contributed by atoms with E-state index in [4.69, 9.17) is 5.11 Å². The van der Waals surface area contributed by atoms with Crippen LogP contribution in [0.25, 0.3) is 11.4 Å². The molecule has 0 saturated carbocycles. The number of urea groups is 1. The summed E-state index contributed by atoms with van der Waals surface area (Å²) in [7, 11) is 0. The Morgan fingerprint density at radius 1 is 0.857 bits per heavy atom. The van der Waals surface area contributed by atoms with Gasteiger partial charge in [0.25, 0.3) is 0 Å². The molecule has 0 aromatic heterocycles. The van der Waals surface area contributed by atoms with Crippen LogP contribution in [0.15, 0.2) is 91.0 Å². The standard InChI is InChI=1S/C30H28N2O3/c1-2-32(23-15-4-3-14-22-27(33)34)29(25-18-10-6-11-19-25)28(24-16-8-5-9-17-24)31(30(32)35)26-20-12-7-13-21-26/h5-13,16-21H,2-3,14,22-23H2,1H3/p+1. The molecule has 176 valence electrons. The molecule has 5 nitrogen and oxygen atoms in total. The fourth-order valence-electron chi connectivity index (χ4n) is 4.51. The molecule has 0 spiro atoms. The van der Waals surface area contributed by atoms with Crippen LogP contribution in [0, 0.1) is 11.8 Å². The maximum atomic E-state index is 14.3. The number of amides is 2. The topological polar surface area (TPSA) is 57.6 Å². The number of hydrogen-bond donors (Lipinski definition) is 1. The van der Waals surface area contributed by atoms with Crippen molar-refractivity contribution in [3.8, 4) is 11.8 Å². The fourth-order valence-corrected chi connectivity index (χ4v) is 4.51. The van der Waals surface area contributed by atoms with Crippen LogP contribution in [0.4, 0.5) is 10.5 Å². The molecule has 3 aromatic carbocycles. The average molecular weight is 466 g/mol. The summed E-state index contributed by atoms with van der Waals surface area (Å²) in [5, 5.41) is 8.88. The highest BCUT2D eigenvalue weighted by molar-refractivity contribution is 6.14. The highest BCUT2D eigenvalue weighted by Gasteiger charge is 2.54. The third kappa shape index (κ3) is 4.89. The lowest BCUT2D eigenvalue weighted by atomic mass is 10.0. The maximum Gasteiger partial charge on any atom is 0.434 e. The quantitative estimate of drug-likeness (QED) is 0.243. The second-order valence-corrected chi connectivity index (χ2v) is 8.43. The molecule has 2 amide bonds. The highest BCUT2D eigenvalue weighted by atomic mass is 16.4. The van der Waals surface area contributed by atoms with Crippen molar-refractivity contribution in [2.24, 2.45) is 0 Å². The number of carbonyl (C=O) groups is 2. The number of aliphatic carboxylic acids is 1. The Morgan fingerprint density at radius 2 is 1.43 bits per heavy atom. The molecule has 0 fully saturated rings. The number of carboxylic acid groups (broad SMARTS) is 1. The number of carbonyl (C=O) groups excluding carboxylic acids is 1. The Bertz CT molecular complexity index is 1270. The summed E-state index contributed by atoms with van der Waals surface area (Å²) in [4.78, 5) is 27.0. The molecule has 1 heterocycles. The van der Waals surface area contributed by atoms with E-state index in [0.717, 1.165) is 28.2 Å². The zero-order chi connectivity index (χ0) is 24.7. The van der Waals surface area contributed by atoms with Crippen LogP contribution in [-0.4, -0.2) is 34.7 Å². The van der Waals surface area contributed by atoms with Gasteiger partial charge in [0.15, 0.2) is 12.2 Å². The lowest BCUT2D eigenvalue weighted by Gasteiger charge is -2.30. The van der Waals surface area contributed by atoms with Crippen molar-refractivity contribution in [1.29, 1.82) is 0 Å². The molecule has 1 aliphatic heterocycles. The zero-order valence-corrected chi connectivity index (χ0v) is 19.9. The first-order chi connectivity index (χ1) is 17.1. The first-order valence-electron chi connectivity index (χ1n) is 11.9. The van der Waals surface area contributed by atoms with Crippen LogP contribution in [0.3, 0.4) is 0 Å². The summed E-state index contributed by atoms with van der Waals surface area (Å²) < 4.78 is 0.0645. The largest absolute Gasteiger partial charge is 0.481 e. The summed E-state index contributed by atoms with van der Waals surface area (Å²) in [6.07, 6.45) is 1.08. The van der Waals surface area contributed by atoms with E-state index in [-0.39, 0.29) is 16.9 Å². The molecule has 1 N–H and O–H groups in total. The van der Waals surface area contributed by atoms with Gasteiger partial charge in [-0.05, 0) is 43.5 Å². The fraction of sp³-hybridized carbons (Fsp3) is 0.200. The van der Waals surface area contributed by atoms with Gasteiger partial charge in [-0.15, -0.1) is 0 Å². The van der Waals surface area contributed by atoms with Crippen LogP contribution in [0.5, 0.6) is 0 Å². The predicted octanol–water partition coefficient (Wildman–Crippen LogP) is 6.25. The van der Waals surface area contributed by atoms with Gasteiger partial charge < -0.3 is 5.11 Å². The number of para-hydroxylation sites is 1. The Hall–Kier alpha value is -4.14. The molecule has 0 aliphatic carbocycles. The molecule has 1 aliphatic rings. The summed E-state index contributed by atoms with van der Waals surface area (Å²) in [5.74, 6) is 5.50. The number of carboxylic acids is 1. The number of hydrogen-bond acceptors (Lipinski definition) is 2. The van der Waals surface area contributed by atoms with Gasteiger partial charge in [0, 0.05) is 24.0 Å². The van der Waals surface area contributed by atoms with Crippen molar-refractivity contribution < 1.29 is 19.2 Å². The minimum Gasteiger partial charge on any atom is -0.481 e. The van der Waals surface area contributed by atoms with E-state index < -0.39 is 5.97 Å². The first-order valence-corrected chi connectivity index (χ1v) is 11.9. The molecule has 0 radical (unpaired) electrons. The van der Waals surface area contributed by atoms with E-state index in [1.54, 1.807) is 0 Å². The number of quaternary nitrogens is 1. The van der Waals surface area contributed by atoms with Gasteiger partial charge in [0.05, 0.1) is 12.2 Å². The molecular weight excluding hydrogens is 436 g/mol. The van der Waals surface area contributed by atoms with Gasteiger partial charge in [-0.1, -0.05) is 72.7 Å². The molecular formula is C30H29N2O3+. The average Bonchev–Trinajstić information content (AvgIpc) is 3.16. The molecule has 0 bridgehead atoms. The van der Waals surface area contributed by atoms with Crippen LogP contribution < -0.4 is 4.90 Å². The summed E-state index contributed by atoms with van der Waals surface area (Å²) in [5.41, 5.74) is 4.54. The second kappa shape index (κ2) is 10.9. The van der Waals surface area contributed by atoms with E-state index in [9.17, 15) is 9.59 Å². The maximum absolute atomic E-state index is 14.3. The Balaban J connectivity index is 1.89. The van der Waals surface area contributed by atoms with Crippen molar-refractivity contribution in [3.63, 3.8) is 0 Å². The number of nitrogens with zero attached hydrogens (tertiary/aromatic N) is 2. The normalized spacial score (nSPS) is 17.3. The number of anilines is 1. The van der Waals surface area contributed by atoms with Crippen molar-refractivity contribution in [1.82, 2.24) is 0 Å². The smallest absolute Gasteiger partial charge is 0.434 e. The summed E-state index contributed by atoms with van der Waals surface area (Å²) >= 11 is 0.